The standard InChI is InChI=1S/C21H25NO3S/c1-4-19(15-8-6-5-7-9-15)20(23)22-10-11-26-21(22)16-12-17(24-2)14-18(13-16)25-3/h5-9,12-14,19,21H,4,10-11H2,1-3H3/t19-,21-/m0/s1. The van der Waals surface area contributed by atoms with E-state index in [0.29, 0.717) is 0 Å². The first-order valence-electron chi connectivity index (χ1n) is 8.88. The number of benzene rings is 2. The Morgan fingerprint density at radius 3 is 2.38 bits per heavy atom. The van der Waals surface area contributed by atoms with Crippen molar-refractivity contribution in [2.75, 3.05) is 26.5 Å². The quantitative estimate of drug-likeness (QED) is 0.751. The number of nitrogens with zero attached hydrogens (tertiary/aromatic N) is 1. The lowest BCUT2D eigenvalue weighted by molar-refractivity contribution is -0.133. The van der Waals surface area contributed by atoms with Crippen LogP contribution >= 0.6 is 11.8 Å². The average molecular weight is 372 g/mol. The van der Waals surface area contributed by atoms with Gasteiger partial charge in [0.1, 0.15) is 16.9 Å². The van der Waals surface area contributed by atoms with Crippen molar-refractivity contribution in [1.82, 2.24) is 4.90 Å². The fourth-order valence-electron chi connectivity index (χ4n) is 3.38. The Labute approximate surface area is 159 Å². The van der Waals surface area contributed by atoms with Gasteiger partial charge >= 0.3 is 0 Å². The normalized spacial score (nSPS) is 17.8. The summed E-state index contributed by atoms with van der Waals surface area (Å²) in [5.74, 6) is 2.50. The summed E-state index contributed by atoms with van der Waals surface area (Å²) in [5, 5.41) is -0.00994. The first-order chi connectivity index (χ1) is 12.7. The second kappa shape index (κ2) is 8.49. The van der Waals surface area contributed by atoms with Gasteiger partial charge in [0.25, 0.3) is 0 Å². The van der Waals surface area contributed by atoms with Crippen LogP contribution in [0.4, 0.5) is 0 Å². The molecule has 0 aromatic heterocycles. The van der Waals surface area contributed by atoms with Crippen LogP contribution in [-0.4, -0.2) is 37.3 Å². The molecule has 2 aromatic rings. The molecule has 1 aliphatic rings. The predicted octanol–water partition coefficient (Wildman–Crippen LogP) is 4.47. The lowest BCUT2D eigenvalue weighted by Gasteiger charge is -2.28. The molecule has 0 aliphatic carbocycles. The van der Waals surface area contributed by atoms with Crippen molar-refractivity contribution in [3.63, 3.8) is 0 Å². The maximum atomic E-state index is 13.3. The molecular weight excluding hydrogens is 346 g/mol. The molecule has 1 saturated heterocycles. The molecule has 5 heteroatoms. The second-order valence-electron chi connectivity index (χ2n) is 6.27. The molecule has 2 atom stereocenters. The van der Waals surface area contributed by atoms with Gasteiger partial charge in [-0.2, -0.15) is 0 Å². The third kappa shape index (κ3) is 3.83. The zero-order valence-electron chi connectivity index (χ0n) is 15.5. The molecule has 0 N–H and O–H groups in total. The average Bonchev–Trinajstić information content (AvgIpc) is 3.18. The van der Waals surface area contributed by atoms with E-state index in [0.717, 1.165) is 41.3 Å². The number of thioether (sulfide) groups is 1. The van der Waals surface area contributed by atoms with Crippen molar-refractivity contribution < 1.29 is 14.3 Å². The summed E-state index contributed by atoms with van der Waals surface area (Å²) in [5.41, 5.74) is 2.12. The van der Waals surface area contributed by atoms with E-state index in [-0.39, 0.29) is 17.2 Å². The van der Waals surface area contributed by atoms with Gasteiger partial charge in [0.15, 0.2) is 0 Å². The summed E-state index contributed by atoms with van der Waals surface area (Å²) in [4.78, 5) is 15.3. The van der Waals surface area contributed by atoms with Gasteiger partial charge in [0.05, 0.1) is 20.1 Å². The lowest BCUT2D eigenvalue weighted by atomic mass is 9.95. The van der Waals surface area contributed by atoms with E-state index in [9.17, 15) is 4.79 Å². The first-order valence-corrected chi connectivity index (χ1v) is 9.92. The molecule has 3 rings (SSSR count). The van der Waals surface area contributed by atoms with E-state index in [1.54, 1.807) is 26.0 Å². The van der Waals surface area contributed by atoms with Crippen molar-refractivity contribution in [3.8, 4) is 11.5 Å². The molecule has 1 amide bonds. The molecule has 0 bridgehead atoms. The number of amides is 1. The first kappa shape index (κ1) is 18.6. The molecular formula is C21H25NO3S. The maximum Gasteiger partial charge on any atom is 0.231 e. The van der Waals surface area contributed by atoms with Gasteiger partial charge in [-0.15, -0.1) is 11.8 Å². The molecule has 0 saturated carbocycles. The van der Waals surface area contributed by atoms with Crippen LogP contribution in [0.25, 0.3) is 0 Å². The molecule has 1 fully saturated rings. The van der Waals surface area contributed by atoms with Gasteiger partial charge in [-0.05, 0) is 29.7 Å². The van der Waals surface area contributed by atoms with Crippen LogP contribution in [0.15, 0.2) is 48.5 Å². The summed E-state index contributed by atoms with van der Waals surface area (Å²) in [6.07, 6.45) is 0.790. The predicted molar refractivity (Wildman–Crippen MR) is 106 cm³/mol. The molecule has 2 aromatic carbocycles. The van der Waals surface area contributed by atoms with Crippen molar-refractivity contribution in [2.45, 2.75) is 24.6 Å². The highest BCUT2D eigenvalue weighted by atomic mass is 32.2. The van der Waals surface area contributed by atoms with Crippen molar-refractivity contribution in [2.24, 2.45) is 0 Å². The highest BCUT2D eigenvalue weighted by Gasteiger charge is 2.35. The van der Waals surface area contributed by atoms with Crippen molar-refractivity contribution in [3.05, 3.63) is 59.7 Å². The van der Waals surface area contributed by atoms with Crippen LogP contribution in [0.1, 0.15) is 35.8 Å². The second-order valence-corrected chi connectivity index (χ2v) is 7.46. The smallest absolute Gasteiger partial charge is 0.231 e. The minimum Gasteiger partial charge on any atom is -0.497 e. The number of carbonyl (C=O) groups is 1. The summed E-state index contributed by atoms with van der Waals surface area (Å²) >= 11 is 1.79. The van der Waals surface area contributed by atoms with Gasteiger partial charge in [-0.3, -0.25) is 4.79 Å². The van der Waals surface area contributed by atoms with Gasteiger partial charge in [-0.1, -0.05) is 37.3 Å². The van der Waals surface area contributed by atoms with E-state index in [4.69, 9.17) is 9.47 Å². The summed E-state index contributed by atoms with van der Waals surface area (Å²) in [6, 6.07) is 15.9. The Kier molecular flexibility index (Phi) is 6.09. The van der Waals surface area contributed by atoms with Gasteiger partial charge in [-0.25, -0.2) is 0 Å². The highest BCUT2D eigenvalue weighted by Crippen LogP contribution is 2.42. The number of ether oxygens (including phenoxy) is 2. The van der Waals surface area contributed by atoms with Crippen LogP contribution in [-0.2, 0) is 4.79 Å². The Bertz CT molecular complexity index is 728. The van der Waals surface area contributed by atoms with E-state index in [1.165, 1.54) is 0 Å². The Morgan fingerprint density at radius 2 is 1.81 bits per heavy atom. The Balaban J connectivity index is 1.89. The van der Waals surface area contributed by atoms with E-state index in [2.05, 4.69) is 6.92 Å². The minimum atomic E-state index is -0.107. The molecule has 4 nitrogen and oxygen atoms in total. The highest BCUT2D eigenvalue weighted by molar-refractivity contribution is 7.99. The van der Waals surface area contributed by atoms with Crippen LogP contribution in [0.3, 0.4) is 0 Å². The van der Waals surface area contributed by atoms with Gasteiger partial charge in [0, 0.05) is 18.4 Å². The lowest BCUT2D eigenvalue weighted by Crippen LogP contribution is -2.34. The fraction of sp³-hybridized carbons (Fsp3) is 0.381. The zero-order chi connectivity index (χ0) is 18.5. The topological polar surface area (TPSA) is 38.8 Å². The number of hydrogen-bond donors (Lipinski definition) is 0. The molecule has 1 aliphatic heterocycles. The van der Waals surface area contributed by atoms with Gasteiger partial charge < -0.3 is 14.4 Å². The third-order valence-electron chi connectivity index (χ3n) is 4.74. The number of methoxy groups -OCH3 is 2. The number of hydrogen-bond acceptors (Lipinski definition) is 4. The largest absolute Gasteiger partial charge is 0.497 e. The van der Waals surface area contributed by atoms with Crippen LogP contribution < -0.4 is 9.47 Å². The SMILES string of the molecule is CC[C@H](C(=O)N1CCS[C@H]1c1cc(OC)cc(OC)c1)c1ccccc1. The third-order valence-corrected chi connectivity index (χ3v) is 6.00. The van der Waals surface area contributed by atoms with Gasteiger partial charge in [0.2, 0.25) is 5.91 Å². The van der Waals surface area contributed by atoms with Crippen LogP contribution in [0.5, 0.6) is 11.5 Å². The monoisotopic (exact) mass is 371 g/mol. The Morgan fingerprint density at radius 1 is 1.15 bits per heavy atom. The molecule has 0 spiro atoms. The molecule has 26 heavy (non-hydrogen) atoms. The van der Waals surface area contributed by atoms with E-state index >= 15 is 0 Å². The Hall–Kier alpha value is -2.14. The molecule has 1 heterocycles. The maximum absolute atomic E-state index is 13.3. The van der Waals surface area contributed by atoms with Crippen molar-refractivity contribution in [1.29, 1.82) is 0 Å². The molecule has 0 radical (unpaired) electrons. The minimum absolute atomic E-state index is 0.00994. The molecule has 138 valence electrons. The molecule has 0 unspecified atom stereocenters. The van der Waals surface area contributed by atoms with Crippen LogP contribution in [0, 0.1) is 0 Å². The van der Waals surface area contributed by atoms with Crippen molar-refractivity contribution >= 4 is 17.7 Å². The summed E-state index contributed by atoms with van der Waals surface area (Å²) in [7, 11) is 3.29. The van der Waals surface area contributed by atoms with Crippen LogP contribution in [0.2, 0.25) is 0 Å². The summed E-state index contributed by atoms with van der Waals surface area (Å²) < 4.78 is 10.8. The summed E-state index contributed by atoms with van der Waals surface area (Å²) in [6.45, 7) is 2.83. The number of rotatable bonds is 6. The zero-order valence-corrected chi connectivity index (χ0v) is 16.3. The fourth-order valence-corrected chi connectivity index (χ4v) is 4.63. The van der Waals surface area contributed by atoms with E-state index in [1.807, 2.05) is 53.4 Å². The number of carbonyl (C=O) groups excluding carboxylic acids is 1. The van der Waals surface area contributed by atoms with E-state index < -0.39 is 0 Å².